The van der Waals surface area contributed by atoms with Crippen LogP contribution in [0.1, 0.15) is 6.42 Å². The molecule has 1 fully saturated rings. The predicted molar refractivity (Wildman–Crippen MR) is 65.3 cm³/mol. The van der Waals surface area contributed by atoms with E-state index in [0.717, 1.165) is 0 Å². The molecule has 2 rings (SSSR count). The van der Waals surface area contributed by atoms with Gasteiger partial charge in [0.1, 0.15) is 11.6 Å². The van der Waals surface area contributed by atoms with Crippen LogP contribution in [-0.4, -0.2) is 36.1 Å². The summed E-state index contributed by atoms with van der Waals surface area (Å²) in [4.78, 5) is 20.7. The highest BCUT2D eigenvalue weighted by Crippen LogP contribution is 2.29. The van der Waals surface area contributed by atoms with E-state index in [1.165, 1.54) is 17.4 Å². The van der Waals surface area contributed by atoms with E-state index >= 15 is 0 Å². The van der Waals surface area contributed by atoms with Crippen LogP contribution < -0.4 is 4.90 Å². The van der Waals surface area contributed by atoms with Gasteiger partial charge in [-0.15, -0.1) is 0 Å². The molecule has 1 saturated heterocycles. The van der Waals surface area contributed by atoms with Crippen LogP contribution in [0.3, 0.4) is 0 Å². The van der Waals surface area contributed by atoms with Crippen molar-refractivity contribution in [3.8, 4) is 0 Å². The number of carbonyl (C=O) groups excluding carboxylic acids is 1. The van der Waals surface area contributed by atoms with Crippen molar-refractivity contribution in [1.29, 1.82) is 0 Å². The lowest BCUT2D eigenvalue weighted by molar-refractivity contribution is -0.117. The summed E-state index contributed by atoms with van der Waals surface area (Å²) in [6, 6.07) is 0. The molecule has 1 aliphatic heterocycles. The Hall–Kier alpha value is -0.730. The minimum Gasteiger partial charge on any atom is -0.294 e. The first kappa shape index (κ1) is 12.7. The largest absolute Gasteiger partial charge is 0.294 e. The Bertz CT molecular complexity index is 565. The summed E-state index contributed by atoms with van der Waals surface area (Å²) in [6.45, 7) is 0.0142. The van der Waals surface area contributed by atoms with Crippen molar-refractivity contribution in [2.75, 3.05) is 11.4 Å². The van der Waals surface area contributed by atoms with Crippen molar-refractivity contribution in [2.24, 2.45) is 0 Å². The summed E-state index contributed by atoms with van der Waals surface area (Å²) in [6.07, 6.45) is 2.65. The first-order valence-corrected chi connectivity index (χ1v) is 7.75. The normalized spacial score (nSPS) is 20.9. The molecule has 92 valence electrons. The van der Waals surface area contributed by atoms with Gasteiger partial charge in [-0.2, -0.15) is 0 Å². The molecule has 0 aromatic carbocycles. The lowest BCUT2D eigenvalue weighted by Crippen LogP contribution is -2.27. The molecule has 1 aromatic heterocycles. The van der Waals surface area contributed by atoms with Gasteiger partial charge in [-0.25, -0.2) is 18.4 Å². The van der Waals surface area contributed by atoms with Gasteiger partial charge in [-0.3, -0.25) is 9.69 Å². The highest BCUT2D eigenvalue weighted by molar-refractivity contribution is 9.10. The molecule has 1 aliphatic rings. The third kappa shape index (κ3) is 2.58. The molecule has 2 heterocycles. The second-order valence-corrected chi connectivity index (χ2v) is 7.26. The highest BCUT2D eigenvalue weighted by Gasteiger charge is 2.39. The van der Waals surface area contributed by atoms with Gasteiger partial charge in [-0.05, 0) is 15.9 Å². The molecule has 0 radical (unpaired) electrons. The van der Waals surface area contributed by atoms with E-state index in [0.29, 0.717) is 10.3 Å². The number of anilines is 1. The molecule has 0 aliphatic carbocycles. The molecule has 0 saturated carbocycles. The van der Waals surface area contributed by atoms with E-state index < -0.39 is 14.3 Å². The molecule has 9 heteroatoms. The van der Waals surface area contributed by atoms with Crippen molar-refractivity contribution in [2.45, 2.75) is 11.7 Å². The second-order valence-electron chi connectivity index (χ2n) is 3.50. The highest BCUT2D eigenvalue weighted by atomic mass is 79.9. The van der Waals surface area contributed by atoms with Gasteiger partial charge < -0.3 is 0 Å². The zero-order valence-corrected chi connectivity index (χ0v) is 11.5. The van der Waals surface area contributed by atoms with E-state index in [4.69, 9.17) is 10.7 Å². The summed E-state index contributed by atoms with van der Waals surface area (Å²) in [5, 5.41) is -0.890. The van der Waals surface area contributed by atoms with E-state index in [1.54, 1.807) is 0 Å². The summed E-state index contributed by atoms with van der Waals surface area (Å²) in [5.74, 6) is 0.0337. The first-order valence-electron chi connectivity index (χ1n) is 4.59. The maximum Gasteiger partial charge on any atom is 0.237 e. The lowest BCUT2D eigenvalue weighted by atomic mass is 10.4. The summed E-state index contributed by atoms with van der Waals surface area (Å²) in [7, 11) is 1.51. The van der Waals surface area contributed by atoms with Crippen LogP contribution in [0.25, 0.3) is 0 Å². The third-order valence-corrected chi connectivity index (χ3v) is 4.82. The first-order chi connectivity index (χ1) is 7.89. The van der Waals surface area contributed by atoms with Crippen molar-refractivity contribution < 1.29 is 13.2 Å². The van der Waals surface area contributed by atoms with Gasteiger partial charge in [0, 0.05) is 29.8 Å². The average molecular weight is 341 g/mol. The molecule has 6 nitrogen and oxygen atoms in total. The lowest BCUT2D eigenvalue weighted by Gasteiger charge is -2.15. The topological polar surface area (TPSA) is 80.2 Å². The second kappa shape index (κ2) is 4.51. The van der Waals surface area contributed by atoms with Gasteiger partial charge in [0.2, 0.25) is 15.0 Å². The van der Waals surface area contributed by atoms with Crippen molar-refractivity contribution >= 4 is 47.4 Å². The van der Waals surface area contributed by atoms with Crippen LogP contribution in [0.4, 0.5) is 5.82 Å². The Labute approximate surface area is 111 Å². The van der Waals surface area contributed by atoms with Crippen molar-refractivity contribution in [3.63, 3.8) is 0 Å². The molecule has 1 unspecified atom stereocenters. The fourth-order valence-electron chi connectivity index (χ4n) is 1.57. The molecule has 1 atom stereocenters. The molecule has 17 heavy (non-hydrogen) atoms. The fraction of sp³-hybridized carbons (Fsp3) is 0.375. The van der Waals surface area contributed by atoms with E-state index in [2.05, 4.69) is 25.9 Å². The maximum absolute atomic E-state index is 11.7. The van der Waals surface area contributed by atoms with Crippen LogP contribution in [0.5, 0.6) is 0 Å². The number of aromatic nitrogens is 2. The van der Waals surface area contributed by atoms with Crippen molar-refractivity contribution in [3.05, 3.63) is 17.0 Å². The summed E-state index contributed by atoms with van der Waals surface area (Å²) >= 11 is 3.20. The number of rotatable bonds is 2. The quantitative estimate of drug-likeness (QED) is 0.748. The maximum atomic E-state index is 11.7. The number of nitrogens with zero attached hydrogens (tertiary/aromatic N) is 3. The van der Waals surface area contributed by atoms with Gasteiger partial charge >= 0.3 is 0 Å². The predicted octanol–water partition coefficient (Wildman–Crippen LogP) is 0.913. The van der Waals surface area contributed by atoms with Gasteiger partial charge in [0.25, 0.3) is 0 Å². The zero-order chi connectivity index (χ0) is 12.6. The Kier molecular flexibility index (Phi) is 3.37. The summed E-state index contributed by atoms with van der Waals surface area (Å²) < 4.78 is 22.9. The molecule has 0 bridgehead atoms. The Morgan fingerprint density at radius 1 is 1.53 bits per heavy atom. The molecule has 0 spiro atoms. The Balaban J connectivity index is 2.31. The molecule has 1 amide bonds. The number of carbonyl (C=O) groups is 1. The van der Waals surface area contributed by atoms with Gasteiger partial charge in [0.15, 0.2) is 5.82 Å². The smallest absolute Gasteiger partial charge is 0.237 e. The fourth-order valence-corrected chi connectivity index (χ4v) is 3.03. The van der Waals surface area contributed by atoms with Crippen LogP contribution in [0.2, 0.25) is 0 Å². The molecule has 0 N–H and O–H groups in total. The van der Waals surface area contributed by atoms with Gasteiger partial charge in [-0.1, -0.05) is 0 Å². The monoisotopic (exact) mass is 339 g/mol. The van der Waals surface area contributed by atoms with Crippen LogP contribution in [0.15, 0.2) is 17.0 Å². The van der Waals surface area contributed by atoms with Crippen LogP contribution in [0, 0.1) is 0 Å². The molecular formula is C8H7BrClN3O3S. The Morgan fingerprint density at radius 2 is 2.24 bits per heavy atom. The number of hydrogen-bond donors (Lipinski definition) is 0. The van der Waals surface area contributed by atoms with Crippen LogP contribution >= 0.6 is 26.6 Å². The van der Waals surface area contributed by atoms with E-state index in [1.807, 2.05) is 0 Å². The Morgan fingerprint density at radius 3 is 2.76 bits per heavy atom. The summed E-state index contributed by atoms with van der Waals surface area (Å²) in [5.41, 5.74) is 0. The third-order valence-electron chi connectivity index (χ3n) is 2.39. The molecular weight excluding hydrogens is 334 g/mol. The number of halogens is 2. The minimum absolute atomic E-state index is 0.0142. The average Bonchev–Trinajstić information content (AvgIpc) is 2.61. The van der Waals surface area contributed by atoms with Crippen LogP contribution in [-0.2, 0) is 13.8 Å². The zero-order valence-electron chi connectivity index (χ0n) is 8.38. The number of amides is 1. The van der Waals surface area contributed by atoms with E-state index in [-0.39, 0.29) is 18.9 Å². The SMILES string of the molecule is O=C1CC(S(=O)(=O)Cl)CN1c1ncncc1Br. The standard InChI is InChI=1S/C8H7BrClN3O3S/c9-6-2-11-4-12-8(6)13-3-5(1-7(13)14)17(10,15)16/h2,4-5H,1,3H2. The minimum atomic E-state index is -3.74. The van der Waals surface area contributed by atoms with Crippen molar-refractivity contribution in [1.82, 2.24) is 9.97 Å². The van der Waals surface area contributed by atoms with Gasteiger partial charge in [0.05, 0.1) is 4.47 Å². The molecule has 1 aromatic rings. The van der Waals surface area contributed by atoms with E-state index in [9.17, 15) is 13.2 Å². The number of hydrogen-bond acceptors (Lipinski definition) is 5.